The number of carbonyl (C=O) groups is 1. The van der Waals surface area contributed by atoms with E-state index in [1.54, 1.807) is 0 Å². The number of ether oxygens (including phenoxy) is 1. The monoisotopic (exact) mass is 458 g/mol. The summed E-state index contributed by atoms with van der Waals surface area (Å²) in [6, 6.07) is 0. The molecule has 2 spiro atoms. The number of aliphatic carboxylic acids is 1. The number of hydrogen-bond donors (Lipinski definition) is 2. The zero-order valence-corrected chi connectivity index (χ0v) is 21.5. The van der Waals surface area contributed by atoms with Crippen LogP contribution in [0.3, 0.4) is 0 Å². The lowest BCUT2D eigenvalue weighted by molar-refractivity contribution is -0.167. The van der Waals surface area contributed by atoms with Crippen LogP contribution in [0.4, 0.5) is 0 Å². The third-order valence-electron chi connectivity index (χ3n) is 13.4. The smallest absolute Gasteiger partial charge is 0.303 e. The van der Waals surface area contributed by atoms with Gasteiger partial charge in [-0.3, -0.25) is 4.79 Å². The van der Waals surface area contributed by atoms with Crippen molar-refractivity contribution in [1.29, 1.82) is 0 Å². The highest BCUT2D eigenvalue weighted by atomic mass is 16.5. The molecular formula is C29H46O4. The quantitative estimate of drug-likeness (QED) is 0.540. The maximum Gasteiger partial charge on any atom is 0.303 e. The van der Waals surface area contributed by atoms with Crippen molar-refractivity contribution in [2.45, 2.75) is 124 Å². The van der Waals surface area contributed by atoms with E-state index in [1.807, 2.05) is 0 Å². The maximum absolute atomic E-state index is 11.2. The fourth-order valence-electron chi connectivity index (χ4n) is 11.9. The fourth-order valence-corrected chi connectivity index (χ4v) is 11.9. The lowest BCUT2D eigenvalue weighted by Crippen LogP contribution is -2.57. The molecule has 6 fully saturated rings. The predicted molar refractivity (Wildman–Crippen MR) is 128 cm³/mol. The summed E-state index contributed by atoms with van der Waals surface area (Å²) in [5.41, 5.74) is 1.66. The van der Waals surface area contributed by atoms with E-state index in [4.69, 9.17) is 4.74 Å². The van der Waals surface area contributed by atoms with Gasteiger partial charge in [-0.05, 0) is 115 Å². The van der Waals surface area contributed by atoms with Crippen molar-refractivity contribution in [3.63, 3.8) is 0 Å². The number of aliphatic hydroxyl groups is 1. The van der Waals surface area contributed by atoms with E-state index < -0.39 is 5.97 Å². The van der Waals surface area contributed by atoms with Gasteiger partial charge >= 0.3 is 5.97 Å². The van der Waals surface area contributed by atoms with Gasteiger partial charge in [-0.15, -0.1) is 0 Å². The van der Waals surface area contributed by atoms with Crippen molar-refractivity contribution in [2.24, 2.45) is 50.7 Å². The molecule has 6 rings (SSSR count). The Hall–Kier alpha value is -0.610. The second kappa shape index (κ2) is 6.78. The van der Waals surface area contributed by atoms with Crippen LogP contribution in [0.5, 0.6) is 0 Å². The summed E-state index contributed by atoms with van der Waals surface area (Å²) >= 11 is 0. The highest BCUT2D eigenvalue weighted by Gasteiger charge is 2.83. The van der Waals surface area contributed by atoms with E-state index in [0.29, 0.717) is 51.9 Å². The zero-order valence-electron chi connectivity index (χ0n) is 21.5. The molecule has 1 heterocycles. The van der Waals surface area contributed by atoms with Crippen molar-refractivity contribution >= 4 is 5.97 Å². The van der Waals surface area contributed by atoms with Gasteiger partial charge in [0.15, 0.2) is 0 Å². The minimum atomic E-state index is -0.703. The van der Waals surface area contributed by atoms with Gasteiger partial charge in [-0.2, -0.15) is 0 Å². The first-order valence-corrected chi connectivity index (χ1v) is 14.0. The Bertz CT molecular complexity index is 853. The molecule has 0 radical (unpaired) electrons. The van der Waals surface area contributed by atoms with Gasteiger partial charge in [0.1, 0.15) is 0 Å². The first kappa shape index (κ1) is 22.8. The molecule has 186 valence electrons. The van der Waals surface area contributed by atoms with Gasteiger partial charge in [0.2, 0.25) is 0 Å². The third-order valence-corrected chi connectivity index (χ3v) is 13.4. The van der Waals surface area contributed by atoms with Crippen LogP contribution >= 0.6 is 0 Å². The topological polar surface area (TPSA) is 66.8 Å². The second-order valence-corrected chi connectivity index (χ2v) is 14.6. The third kappa shape index (κ3) is 2.64. The molecule has 0 bridgehead atoms. The number of rotatable bonds is 3. The molecule has 5 saturated carbocycles. The molecule has 33 heavy (non-hydrogen) atoms. The Balaban J connectivity index is 1.30. The minimum absolute atomic E-state index is 0.0486. The SMILES string of the molecule is C[C@@H]1CC(CCC(=O)O)OC2C[C@@]3(C)[C@@H]4CCC5C(C)(C)[C@@H](O)CC[C@@]56C[C@@]46CC[C@]3(C)C21. The fraction of sp³-hybridized carbons (Fsp3) is 0.966. The Kier molecular flexibility index (Phi) is 4.69. The van der Waals surface area contributed by atoms with Gasteiger partial charge in [0.25, 0.3) is 0 Å². The minimum Gasteiger partial charge on any atom is -0.481 e. The van der Waals surface area contributed by atoms with Crippen molar-refractivity contribution in [1.82, 2.24) is 0 Å². The Labute approximate surface area is 200 Å². The molecule has 2 N–H and O–H groups in total. The maximum atomic E-state index is 11.2. The summed E-state index contributed by atoms with van der Waals surface area (Å²) in [5, 5.41) is 20.1. The average molecular weight is 459 g/mol. The molecule has 4 nitrogen and oxygen atoms in total. The van der Waals surface area contributed by atoms with Crippen LogP contribution in [0.1, 0.15) is 105 Å². The van der Waals surface area contributed by atoms with Crippen LogP contribution in [-0.4, -0.2) is 34.5 Å². The standard InChI is InChI=1S/C29H46O4/c1-17-14-18(6-9-23(31)32)33-19-15-27(5)21-8-7-20-25(2,3)22(30)10-11-28(20)16-29(21,28)13-12-26(27,4)24(17)19/h17-22,24,30H,6-16H2,1-5H3,(H,31,32)/t17-,18?,19?,20?,21+,22+,24?,26-,27+,28-,29+/m1/s1. The number of carboxylic acid groups (broad SMARTS) is 1. The summed E-state index contributed by atoms with van der Waals surface area (Å²) in [5.74, 6) is 1.97. The predicted octanol–water partition coefficient (Wildman–Crippen LogP) is 6.05. The molecule has 0 aromatic carbocycles. The van der Waals surface area contributed by atoms with E-state index in [-0.39, 0.29) is 24.0 Å². The molecule has 1 saturated heterocycles. The average Bonchev–Trinajstić information content (AvgIpc) is 3.33. The lowest BCUT2D eigenvalue weighted by atomic mass is 9.41. The van der Waals surface area contributed by atoms with Crippen LogP contribution in [0.25, 0.3) is 0 Å². The Morgan fingerprint density at radius 1 is 0.970 bits per heavy atom. The number of fused-ring (bicyclic) bond motifs is 4. The summed E-state index contributed by atoms with van der Waals surface area (Å²) in [6.45, 7) is 12.4. The largest absolute Gasteiger partial charge is 0.481 e. The normalized spacial score (nSPS) is 58.3. The van der Waals surface area contributed by atoms with E-state index in [0.717, 1.165) is 18.8 Å². The summed E-state index contributed by atoms with van der Waals surface area (Å²) in [4.78, 5) is 11.2. The van der Waals surface area contributed by atoms with E-state index in [2.05, 4.69) is 34.6 Å². The summed E-state index contributed by atoms with van der Waals surface area (Å²) in [7, 11) is 0. The van der Waals surface area contributed by atoms with Gasteiger partial charge < -0.3 is 14.9 Å². The van der Waals surface area contributed by atoms with Crippen LogP contribution in [0, 0.1) is 50.7 Å². The number of aliphatic hydroxyl groups excluding tert-OH is 1. The Morgan fingerprint density at radius 3 is 2.39 bits per heavy atom. The summed E-state index contributed by atoms with van der Waals surface area (Å²) in [6.07, 6.45) is 12.3. The Morgan fingerprint density at radius 2 is 1.67 bits per heavy atom. The van der Waals surface area contributed by atoms with Gasteiger partial charge in [0, 0.05) is 6.42 Å². The molecule has 5 aliphatic carbocycles. The van der Waals surface area contributed by atoms with Crippen molar-refractivity contribution in [3.8, 4) is 0 Å². The highest BCUT2D eigenvalue weighted by molar-refractivity contribution is 5.66. The van der Waals surface area contributed by atoms with Crippen LogP contribution in [0.15, 0.2) is 0 Å². The molecule has 1 aliphatic heterocycles. The molecule has 0 aromatic heterocycles. The van der Waals surface area contributed by atoms with Crippen LogP contribution < -0.4 is 0 Å². The van der Waals surface area contributed by atoms with E-state index in [9.17, 15) is 15.0 Å². The number of hydrogen-bond acceptors (Lipinski definition) is 3. The van der Waals surface area contributed by atoms with Crippen molar-refractivity contribution in [2.75, 3.05) is 0 Å². The molecule has 4 heteroatoms. The highest BCUT2D eigenvalue weighted by Crippen LogP contribution is 2.89. The van der Waals surface area contributed by atoms with Crippen LogP contribution in [0.2, 0.25) is 0 Å². The number of carboxylic acids is 1. The molecule has 4 unspecified atom stereocenters. The molecule has 0 amide bonds. The van der Waals surface area contributed by atoms with Crippen molar-refractivity contribution in [3.05, 3.63) is 0 Å². The van der Waals surface area contributed by atoms with E-state index >= 15 is 0 Å². The zero-order chi connectivity index (χ0) is 23.6. The molecule has 11 atom stereocenters. The first-order chi connectivity index (χ1) is 15.4. The molecule has 6 aliphatic rings. The molecule has 0 aromatic rings. The van der Waals surface area contributed by atoms with E-state index in [1.165, 1.54) is 44.9 Å². The lowest BCUT2D eigenvalue weighted by Gasteiger charge is -2.63. The van der Waals surface area contributed by atoms with Crippen molar-refractivity contribution < 1.29 is 19.7 Å². The first-order valence-electron chi connectivity index (χ1n) is 14.0. The van der Waals surface area contributed by atoms with Gasteiger partial charge in [0.05, 0.1) is 18.3 Å². The van der Waals surface area contributed by atoms with Gasteiger partial charge in [-0.25, -0.2) is 0 Å². The van der Waals surface area contributed by atoms with Gasteiger partial charge in [-0.1, -0.05) is 34.6 Å². The second-order valence-electron chi connectivity index (χ2n) is 14.6. The van der Waals surface area contributed by atoms with Crippen LogP contribution in [-0.2, 0) is 9.53 Å². The molecular weight excluding hydrogens is 412 g/mol. The summed E-state index contributed by atoms with van der Waals surface area (Å²) < 4.78 is 6.74.